The van der Waals surface area contributed by atoms with Crippen LogP contribution in [-0.2, 0) is 20.6 Å². The molecule has 1 fully saturated rings. The minimum absolute atomic E-state index is 0.0427. The lowest BCUT2D eigenvalue weighted by molar-refractivity contribution is -0.0440. The Morgan fingerprint density at radius 3 is 2.53 bits per heavy atom. The van der Waals surface area contributed by atoms with E-state index in [-0.39, 0.29) is 15.4 Å². The highest BCUT2D eigenvalue weighted by molar-refractivity contribution is 6.36. The molecule has 0 aromatic heterocycles. The van der Waals surface area contributed by atoms with Crippen LogP contribution in [0.5, 0.6) is 5.75 Å². The summed E-state index contributed by atoms with van der Waals surface area (Å²) in [4.78, 5) is 0. The largest absolute Gasteiger partial charge is 0.491 e. The number of hydrogen-bond donors (Lipinski definition) is 0. The fourth-order valence-corrected chi connectivity index (χ4v) is 3.33. The van der Waals surface area contributed by atoms with E-state index in [1.54, 1.807) is 14.2 Å². The lowest BCUT2D eigenvalue weighted by Crippen LogP contribution is -2.21. The molecular weight excluding hydrogens is 260 g/mol. The summed E-state index contributed by atoms with van der Waals surface area (Å²) in [5.41, 5.74) is 1.34. The van der Waals surface area contributed by atoms with Gasteiger partial charge in [-0.2, -0.15) is 0 Å². The van der Waals surface area contributed by atoms with Crippen LogP contribution in [0.4, 0.5) is 0 Å². The van der Waals surface area contributed by atoms with Gasteiger partial charge in [0, 0.05) is 14.2 Å². The summed E-state index contributed by atoms with van der Waals surface area (Å²) in [6.45, 7) is 1.50. The molecule has 1 aromatic carbocycles. The van der Waals surface area contributed by atoms with E-state index in [4.69, 9.17) is 18.9 Å². The van der Waals surface area contributed by atoms with Crippen LogP contribution in [0.2, 0.25) is 6.04 Å². The lowest BCUT2D eigenvalue weighted by Gasteiger charge is -2.12. The molecule has 0 radical (unpaired) electrons. The maximum Gasteiger partial charge on any atom is 0.134 e. The number of aryl methyl sites for hydroxylation is 1. The van der Waals surface area contributed by atoms with Crippen LogP contribution >= 0.6 is 0 Å². The van der Waals surface area contributed by atoms with Crippen molar-refractivity contribution < 1.29 is 18.9 Å². The predicted octanol–water partition coefficient (Wildman–Crippen LogP) is 1.17. The van der Waals surface area contributed by atoms with Crippen molar-refractivity contribution in [1.82, 2.24) is 0 Å². The third-order valence-corrected chi connectivity index (χ3v) is 5.09. The monoisotopic (exact) mass is 282 g/mol. The molecule has 0 spiro atoms. The first-order valence-corrected chi connectivity index (χ1v) is 8.52. The van der Waals surface area contributed by atoms with Gasteiger partial charge in [-0.15, -0.1) is 0 Å². The highest BCUT2D eigenvalue weighted by Gasteiger charge is 2.22. The smallest absolute Gasteiger partial charge is 0.134 e. The zero-order chi connectivity index (χ0) is 13.5. The molecule has 106 valence electrons. The fourth-order valence-electron chi connectivity index (χ4n) is 1.91. The van der Waals surface area contributed by atoms with Crippen molar-refractivity contribution in [3.05, 3.63) is 29.8 Å². The van der Waals surface area contributed by atoms with E-state index in [2.05, 4.69) is 12.1 Å². The van der Waals surface area contributed by atoms with Crippen LogP contribution in [0.1, 0.15) is 5.56 Å². The SMILES string of the molecule is COC(OC)[SiH2]CCc1ccc(OCC2CO2)cc1. The maximum absolute atomic E-state index is 5.61. The van der Waals surface area contributed by atoms with E-state index in [0.29, 0.717) is 12.7 Å². The summed E-state index contributed by atoms with van der Waals surface area (Å²) in [5, 5.41) is 0. The van der Waals surface area contributed by atoms with E-state index in [1.807, 2.05) is 12.1 Å². The van der Waals surface area contributed by atoms with Gasteiger partial charge >= 0.3 is 0 Å². The summed E-state index contributed by atoms with van der Waals surface area (Å²) in [7, 11) is 3.08. The van der Waals surface area contributed by atoms with Crippen LogP contribution in [0.15, 0.2) is 24.3 Å². The average Bonchev–Trinajstić information content (AvgIpc) is 3.27. The zero-order valence-electron chi connectivity index (χ0n) is 11.6. The molecule has 1 aliphatic heterocycles. The average molecular weight is 282 g/mol. The number of benzene rings is 1. The molecule has 0 saturated carbocycles. The molecule has 4 nitrogen and oxygen atoms in total. The Bertz CT molecular complexity index is 360. The second-order valence-electron chi connectivity index (χ2n) is 4.70. The zero-order valence-corrected chi connectivity index (χ0v) is 13.0. The van der Waals surface area contributed by atoms with E-state index in [0.717, 1.165) is 18.8 Å². The van der Waals surface area contributed by atoms with Crippen LogP contribution in [-0.4, -0.2) is 49.0 Å². The molecule has 19 heavy (non-hydrogen) atoms. The second-order valence-corrected chi connectivity index (χ2v) is 6.65. The van der Waals surface area contributed by atoms with Crippen molar-refractivity contribution in [2.45, 2.75) is 24.5 Å². The third kappa shape index (κ3) is 5.32. The quantitative estimate of drug-likeness (QED) is 0.387. The van der Waals surface area contributed by atoms with Gasteiger partial charge in [0.1, 0.15) is 24.4 Å². The van der Waals surface area contributed by atoms with E-state index >= 15 is 0 Å². The van der Waals surface area contributed by atoms with Crippen LogP contribution in [0.25, 0.3) is 0 Å². The highest BCUT2D eigenvalue weighted by Crippen LogP contribution is 2.16. The Kier molecular flexibility index (Phi) is 5.84. The normalized spacial score (nSPS) is 18.4. The van der Waals surface area contributed by atoms with Crippen LogP contribution in [0, 0.1) is 0 Å². The van der Waals surface area contributed by atoms with Gasteiger partial charge < -0.3 is 18.9 Å². The molecule has 1 aliphatic rings. The Morgan fingerprint density at radius 2 is 1.95 bits per heavy atom. The minimum atomic E-state index is -0.333. The molecule has 1 unspecified atom stereocenters. The Labute approximate surface area is 116 Å². The number of ether oxygens (including phenoxy) is 4. The van der Waals surface area contributed by atoms with Gasteiger partial charge in [-0.05, 0) is 24.1 Å². The van der Waals surface area contributed by atoms with Crippen LogP contribution in [0.3, 0.4) is 0 Å². The maximum atomic E-state index is 5.61. The van der Waals surface area contributed by atoms with Crippen molar-refractivity contribution in [2.75, 3.05) is 27.4 Å². The first-order valence-electron chi connectivity index (χ1n) is 6.70. The molecule has 1 aromatic rings. The van der Waals surface area contributed by atoms with E-state index in [9.17, 15) is 0 Å². The molecule has 5 heteroatoms. The first-order chi connectivity index (χ1) is 9.31. The van der Waals surface area contributed by atoms with E-state index < -0.39 is 0 Å². The molecule has 2 rings (SSSR count). The van der Waals surface area contributed by atoms with Crippen molar-refractivity contribution in [1.29, 1.82) is 0 Å². The topological polar surface area (TPSA) is 40.2 Å². The van der Waals surface area contributed by atoms with Gasteiger partial charge in [-0.25, -0.2) is 0 Å². The Hall–Kier alpha value is -0.883. The molecule has 1 atom stereocenters. The Balaban J connectivity index is 1.68. The number of epoxide rings is 1. The summed E-state index contributed by atoms with van der Waals surface area (Å²) in [5.74, 6) is 0.962. The van der Waals surface area contributed by atoms with Gasteiger partial charge in [0.2, 0.25) is 0 Å². The highest BCUT2D eigenvalue weighted by atomic mass is 28.2. The summed E-state index contributed by atoms with van der Waals surface area (Å²) in [6.07, 6.45) is 1.40. The van der Waals surface area contributed by atoms with Crippen molar-refractivity contribution in [3.63, 3.8) is 0 Å². The van der Waals surface area contributed by atoms with Gasteiger partial charge in [0.15, 0.2) is 0 Å². The fraction of sp³-hybridized carbons (Fsp3) is 0.571. The van der Waals surface area contributed by atoms with Gasteiger partial charge in [-0.1, -0.05) is 18.2 Å². The van der Waals surface area contributed by atoms with E-state index in [1.165, 1.54) is 11.6 Å². The number of rotatable bonds is 9. The lowest BCUT2D eigenvalue weighted by atomic mass is 10.2. The molecule has 0 amide bonds. The molecule has 1 heterocycles. The molecule has 0 bridgehead atoms. The number of hydrogen-bond acceptors (Lipinski definition) is 4. The first kappa shape index (κ1) is 14.5. The van der Waals surface area contributed by atoms with Gasteiger partial charge in [-0.3, -0.25) is 0 Å². The molecular formula is C14H22O4Si. The number of methoxy groups -OCH3 is 2. The van der Waals surface area contributed by atoms with Gasteiger partial charge in [0.25, 0.3) is 0 Å². The van der Waals surface area contributed by atoms with Gasteiger partial charge in [0.05, 0.1) is 16.1 Å². The Morgan fingerprint density at radius 1 is 1.26 bits per heavy atom. The molecule has 1 saturated heterocycles. The standard InChI is InChI=1S/C14H22O4Si/c1-15-14(16-2)19-8-7-11-3-5-12(6-4-11)17-9-13-10-18-13/h3-6,13-14H,7-10,19H2,1-2H3. The minimum Gasteiger partial charge on any atom is -0.491 e. The predicted molar refractivity (Wildman–Crippen MR) is 76.5 cm³/mol. The summed E-state index contributed by atoms with van der Waals surface area (Å²) in [6, 6.07) is 9.51. The van der Waals surface area contributed by atoms with Crippen molar-refractivity contribution in [2.24, 2.45) is 0 Å². The van der Waals surface area contributed by atoms with Crippen molar-refractivity contribution >= 4 is 9.52 Å². The summed E-state index contributed by atoms with van der Waals surface area (Å²) >= 11 is 0. The summed E-state index contributed by atoms with van der Waals surface area (Å²) < 4.78 is 21.2. The third-order valence-electron chi connectivity index (χ3n) is 3.19. The van der Waals surface area contributed by atoms with Crippen LogP contribution < -0.4 is 4.74 Å². The molecule has 0 aliphatic carbocycles. The molecule has 0 N–H and O–H groups in total. The van der Waals surface area contributed by atoms with Crippen molar-refractivity contribution in [3.8, 4) is 5.75 Å². The second kappa shape index (κ2) is 7.64.